The molecule has 49 heavy (non-hydrogen) atoms. The van der Waals surface area contributed by atoms with Gasteiger partial charge in [-0.3, -0.25) is 14.4 Å². The number of esters is 1. The molecule has 0 bridgehead atoms. The van der Waals surface area contributed by atoms with Crippen molar-refractivity contribution >= 4 is 17.8 Å². The zero-order chi connectivity index (χ0) is 35.8. The Hall–Kier alpha value is -1.89. The molecule has 10 atom stereocenters. The Morgan fingerprint density at radius 1 is 0.878 bits per heavy atom. The van der Waals surface area contributed by atoms with Gasteiger partial charge in [-0.2, -0.15) is 0 Å². The van der Waals surface area contributed by atoms with Gasteiger partial charge in [0.2, 0.25) is 5.91 Å². The zero-order valence-corrected chi connectivity index (χ0v) is 32.2. The number of fused-ring (bicyclic) bond motifs is 7. The molecular formula is C42H68N2O5. The van der Waals surface area contributed by atoms with Gasteiger partial charge in [0.15, 0.2) is 0 Å². The first-order valence-corrected chi connectivity index (χ1v) is 19.9. The predicted octanol–water partition coefficient (Wildman–Crippen LogP) is 8.41. The molecule has 1 amide bonds. The van der Waals surface area contributed by atoms with Crippen molar-refractivity contribution in [3.63, 3.8) is 0 Å². The number of rotatable bonds is 9. The van der Waals surface area contributed by atoms with Crippen LogP contribution in [0.1, 0.15) is 145 Å². The molecule has 0 unspecified atom stereocenters. The summed E-state index contributed by atoms with van der Waals surface area (Å²) in [5.41, 5.74) is 0.391. The van der Waals surface area contributed by atoms with Crippen molar-refractivity contribution in [1.82, 2.24) is 10.2 Å². The van der Waals surface area contributed by atoms with E-state index in [1.54, 1.807) is 13.8 Å². The van der Waals surface area contributed by atoms with Gasteiger partial charge in [0.1, 0.15) is 6.10 Å². The molecule has 7 heteroatoms. The number of amides is 1. The van der Waals surface area contributed by atoms with Gasteiger partial charge in [0.05, 0.1) is 11.8 Å². The lowest BCUT2D eigenvalue weighted by molar-refractivity contribution is -0.246. The fourth-order valence-electron chi connectivity index (χ4n) is 13.8. The Kier molecular flexibility index (Phi) is 9.53. The van der Waals surface area contributed by atoms with E-state index in [0.29, 0.717) is 36.0 Å². The Balaban J connectivity index is 1.22. The molecule has 0 aromatic carbocycles. The van der Waals surface area contributed by atoms with Crippen LogP contribution in [-0.2, 0) is 19.1 Å². The lowest BCUT2D eigenvalue weighted by Crippen LogP contribution is -2.69. The van der Waals surface area contributed by atoms with Gasteiger partial charge in [-0.25, -0.2) is 0 Å². The van der Waals surface area contributed by atoms with E-state index in [9.17, 15) is 19.5 Å². The minimum atomic E-state index is -1.14. The van der Waals surface area contributed by atoms with Crippen molar-refractivity contribution in [2.75, 3.05) is 19.6 Å². The molecule has 1 aliphatic heterocycles. The van der Waals surface area contributed by atoms with E-state index in [2.05, 4.69) is 58.3 Å². The molecule has 1 saturated heterocycles. The van der Waals surface area contributed by atoms with Crippen molar-refractivity contribution in [3.8, 4) is 0 Å². The van der Waals surface area contributed by atoms with Crippen LogP contribution >= 0.6 is 0 Å². The molecule has 5 saturated carbocycles. The zero-order valence-electron chi connectivity index (χ0n) is 32.2. The van der Waals surface area contributed by atoms with E-state index in [1.165, 1.54) is 44.1 Å². The average Bonchev–Trinajstić information content (AvgIpc) is 3.66. The minimum absolute atomic E-state index is 0.107. The largest absolute Gasteiger partial charge is 0.481 e. The first-order chi connectivity index (χ1) is 22.8. The van der Waals surface area contributed by atoms with Gasteiger partial charge < -0.3 is 20.1 Å². The van der Waals surface area contributed by atoms with Gasteiger partial charge in [-0.1, -0.05) is 46.8 Å². The number of hydrogen-bond acceptors (Lipinski definition) is 5. The number of ether oxygens (including phenoxy) is 1. The molecule has 0 aromatic heterocycles. The quantitative estimate of drug-likeness (QED) is 0.188. The third kappa shape index (κ3) is 5.92. The van der Waals surface area contributed by atoms with Crippen molar-refractivity contribution in [1.29, 1.82) is 0 Å². The molecule has 0 radical (unpaired) electrons. The van der Waals surface area contributed by atoms with Gasteiger partial charge in [-0.15, -0.1) is 0 Å². The summed E-state index contributed by atoms with van der Waals surface area (Å²) < 4.78 is 6.18. The van der Waals surface area contributed by atoms with Crippen LogP contribution in [0.25, 0.3) is 0 Å². The summed E-state index contributed by atoms with van der Waals surface area (Å²) in [5, 5.41) is 13.4. The van der Waals surface area contributed by atoms with Gasteiger partial charge >= 0.3 is 11.9 Å². The van der Waals surface area contributed by atoms with Crippen LogP contribution in [0.3, 0.4) is 0 Å². The normalized spacial score (nSPS) is 43.0. The maximum atomic E-state index is 13.6. The van der Waals surface area contributed by atoms with Crippen molar-refractivity contribution in [2.45, 2.75) is 157 Å². The van der Waals surface area contributed by atoms with E-state index >= 15 is 0 Å². The predicted molar refractivity (Wildman–Crippen MR) is 194 cm³/mol. The number of aliphatic carboxylic acids is 1. The lowest BCUT2D eigenvalue weighted by atomic mass is 9.32. The molecule has 276 valence electrons. The standard InChI is InChI=1S/C42H68N2O5/c1-27(2)28-14-20-42(43-33(45)17-25-44-23-10-11-24-44)22-21-40(8)29(35(28)42)12-13-31-39(7)18-16-32(49-34(46)26-37(3,4)36(47)48)38(5,6)30(39)15-19-41(31,40)9/h28-32,35H,1,10-26H2,2-9H3,(H,43,45)(H,47,48)/t28-,29+,30-,31+,32-,35+,39-,40+,41+,42-/m0/s1. The summed E-state index contributed by atoms with van der Waals surface area (Å²) >= 11 is 0. The molecular weight excluding hydrogens is 612 g/mol. The van der Waals surface area contributed by atoms with Crippen LogP contribution < -0.4 is 5.32 Å². The third-order valence-corrected chi connectivity index (χ3v) is 16.7. The van der Waals surface area contributed by atoms with E-state index in [4.69, 9.17) is 4.74 Å². The minimum Gasteiger partial charge on any atom is -0.481 e. The first kappa shape index (κ1) is 36.9. The molecule has 6 fully saturated rings. The fourth-order valence-corrected chi connectivity index (χ4v) is 13.8. The number of hydrogen-bond donors (Lipinski definition) is 2. The Morgan fingerprint density at radius 3 is 2.22 bits per heavy atom. The molecule has 6 aliphatic rings. The smallest absolute Gasteiger partial charge is 0.309 e. The highest BCUT2D eigenvalue weighted by Crippen LogP contribution is 2.76. The summed E-state index contributed by atoms with van der Waals surface area (Å²) in [4.78, 5) is 40.9. The molecule has 1 heterocycles. The number of carbonyl (C=O) groups excluding carboxylic acids is 2. The summed E-state index contributed by atoms with van der Waals surface area (Å²) in [6.45, 7) is 25.6. The topological polar surface area (TPSA) is 95.9 Å². The van der Waals surface area contributed by atoms with Crippen molar-refractivity contribution < 1.29 is 24.2 Å². The van der Waals surface area contributed by atoms with Crippen molar-refractivity contribution in [2.24, 2.45) is 56.7 Å². The highest BCUT2D eigenvalue weighted by molar-refractivity contribution is 5.81. The number of carboxylic acid groups (broad SMARTS) is 1. The molecule has 6 rings (SSSR count). The Morgan fingerprint density at radius 2 is 1.57 bits per heavy atom. The van der Waals surface area contributed by atoms with E-state index in [0.717, 1.165) is 58.2 Å². The Bertz CT molecular complexity index is 1330. The summed E-state index contributed by atoms with van der Waals surface area (Å²) in [6.07, 6.45) is 13.9. The highest BCUT2D eigenvalue weighted by atomic mass is 16.5. The van der Waals surface area contributed by atoms with Crippen LogP contribution in [0.4, 0.5) is 0 Å². The second-order valence-corrected chi connectivity index (χ2v) is 19.9. The molecule has 5 aliphatic carbocycles. The Labute approximate surface area is 297 Å². The molecule has 2 N–H and O–H groups in total. The number of likely N-dealkylation sites (tertiary alicyclic amines) is 1. The number of nitrogens with one attached hydrogen (secondary N) is 1. The maximum Gasteiger partial charge on any atom is 0.309 e. The van der Waals surface area contributed by atoms with Crippen LogP contribution in [0.2, 0.25) is 0 Å². The van der Waals surface area contributed by atoms with E-state index < -0.39 is 11.4 Å². The van der Waals surface area contributed by atoms with Crippen LogP contribution in [0, 0.1) is 56.7 Å². The van der Waals surface area contributed by atoms with E-state index in [1.807, 2.05) is 0 Å². The second-order valence-electron chi connectivity index (χ2n) is 19.9. The molecule has 0 aromatic rings. The molecule has 7 nitrogen and oxygen atoms in total. The summed E-state index contributed by atoms with van der Waals surface area (Å²) in [7, 11) is 0. The summed E-state index contributed by atoms with van der Waals surface area (Å²) in [5.74, 6) is 1.40. The molecule has 0 spiro atoms. The SMILES string of the molecule is C=C(C)[C@@H]1CC[C@]2(NC(=O)CCN3CCCC3)CC[C@]3(C)[C@H](CC[C@@H]4[C@@]5(C)CC[C@H](OC(=O)CC(C)(C)C(=O)O)C(C)(C)[C@@H]5CC[C@]43C)[C@@H]12. The van der Waals surface area contributed by atoms with E-state index in [-0.39, 0.29) is 51.6 Å². The first-order valence-electron chi connectivity index (χ1n) is 19.9. The third-order valence-electron chi connectivity index (χ3n) is 16.7. The fraction of sp³-hybridized carbons (Fsp3) is 0.881. The van der Waals surface area contributed by atoms with Crippen LogP contribution in [-0.4, -0.2) is 59.1 Å². The highest BCUT2D eigenvalue weighted by Gasteiger charge is 2.71. The maximum absolute atomic E-state index is 13.6. The monoisotopic (exact) mass is 681 g/mol. The van der Waals surface area contributed by atoms with Crippen LogP contribution in [0.5, 0.6) is 0 Å². The van der Waals surface area contributed by atoms with Crippen LogP contribution in [0.15, 0.2) is 12.2 Å². The van der Waals surface area contributed by atoms with Gasteiger partial charge in [0.25, 0.3) is 0 Å². The number of nitrogens with zero attached hydrogens (tertiary/aromatic N) is 1. The number of carbonyl (C=O) groups is 3. The number of carboxylic acids is 1. The van der Waals surface area contributed by atoms with Gasteiger partial charge in [0, 0.05) is 23.9 Å². The average molecular weight is 681 g/mol. The number of allylic oxidation sites excluding steroid dienone is 1. The summed E-state index contributed by atoms with van der Waals surface area (Å²) in [6, 6.07) is 0. The lowest BCUT2D eigenvalue weighted by Gasteiger charge is -2.73. The van der Waals surface area contributed by atoms with Crippen molar-refractivity contribution in [3.05, 3.63) is 12.2 Å². The second kappa shape index (κ2) is 12.7. The van der Waals surface area contributed by atoms with Gasteiger partial charge in [-0.05, 0) is 157 Å².